The second kappa shape index (κ2) is 9.78. The molecule has 4 aromatic rings. The average Bonchev–Trinajstić information content (AvgIpc) is 3.58. The van der Waals surface area contributed by atoms with Crippen molar-refractivity contribution < 1.29 is 23.7 Å². The quantitative estimate of drug-likeness (QED) is 0.405. The first-order valence-corrected chi connectivity index (χ1v) is 12.5. The molecule has 0 radical (unpaired) electrons. The first kappa shape index (κ1) is 23.4. The molecule has 1 N–H and O–H groups in total. The van der Waals surface area contributed by atoms with E-state index in [9.17, 15) is 4.79 Å². The summed E-state index contributed by atoms with van der Waals surface area (Å²) >= 11 is 0. The summed E-state index contributed by atoms with van der Waals surface area (Å²) in [4.78, 5) is 18.1. The van der Waals surface area contributed by atoms with Gasteiger partial charge in [0.25, 0.3) is 5.91 Å². The first-order valence-electron chi connectivity index (χ1n) is 12.5. The molecule has 2 aliphatic heterocycles. The summed E-state index contributed by atoms with van der Waals surface area (Å²) in [6, 6.07) is 17.4. The van der Waals surface area contributed by atoms with E-state index in [4.69, 9.17) is 18.9 Å². The van der Waals surface area contributed by atoms with Crippen LogP contribution in [0.5, 0.6) is 17.2 Å². The first-order chi connectivity index (χ1) is 18.1. The largest absolute Gasteiger partial charge is 0.486 e. The molecule has 190 valence electrons. The van der Waals surface area contributed by atoms with Crippen molar-refractivity contribution in [3.05, 3.63) is 89.4 Å². The van der Waals surface area contributed by atoms with E-state index in [-0.39, 0.29) is 24.7 Å². The van der Waals surface area contributed by atoms with Crippen molar-refractivity contribution in [1.82, 2.24) is 14.7 Å². The molecule has 2 aliphatic rings. The van der Waals surface area contributed by atoms with Gasteiger partial charge in [-0.15, -0.1) is 0 Å². The number of rotatable bonds is 7. The lowest BCUT2D eigenvalue weighted by Gasteiger charge is -2.38. The minimum atomic E-state index is -0.251. The highest BCUT2D eigenvalue weighted by Crippen LogP contribution is 2.40. The lowest BCUT2D eigenvalue weighted by molar-refractivity contribution is 0.0486. The molecule has 6 rings (SSSR count). The van der Waals surface area contributed by atoms with E-state index in [2.05, 4.69) is 16.4 Å². The number of pyridine rings is 1. The van der Waals surface area contributed by atoms with Gasteiger partial charge in [-0.2, -0.15) is 0 Å². The summed E-state index contributed by atoms with van der Waals surface area (Å²) in [6.45, 7) is 4.29. The highest BCUT2D eigenvalue weighted by Gasteiger charge is 2.36. The van der Waals surface area contributed by atoms with Crippen LogP contribution in [0.25, 0.3) is 5.65 Å². The molecule has 0 unspecified atom stereocenters. The molecule has 0 saturated carbocycles. The normalized spacial score (nSPS) is 16.0. The zero-order chi connectivity index (χ0) is 25.2. The summed E-state index contributed by atoms with van der Waals surface area (Å²) in [5.74, 6) is 1.85. The van der Waals surface area contributed by atoms with Gasteiger partial charge in [-0.05, 0) is 61.2 Å². The summed E-state index contributed by atoms with van der Waals surface area (Å²) < 4.78 is 24.8. The minimum Gasteiger partial charge on any atom is -0.486 e. The van der Waals surface area contributed by atoms with Gasteiger partial charge in [0.05, 0.1) is 11.3 Å². The Morgan fingerprint density at radius 2 is 1.92 bits per heavy atom. The second-order valence-corrected chi connectivity index (χ2v) is 9.58. The third kappa shape index (κ3) is 4.60. The fourth-order valence-electron chi connectivity index (χ4n) is 5.11. The number of aryl methyl sites for hydroxylation is 1. The molecule has 1 amide bonds. The van der Waals surface area contributed by atoms with Gasteiger partial charge >= 0.3 is 0 Å². The molecule has 0 atom stereocenters. The van der Waals surface area contributed by atoms with Crippen LogP contribution in [0.4, 0.5) is 0 Å². The van der Waals surface area contributed by atoms with Crippen LogP contribution in [0.2, 0.25) is 0 Å². The van der Waals surface area contributed by atoms with E-state index >= 15 is 0 Å². The molecule has 8 nitrogen and oxygen atoms in total. The molecule has 37 heavy (non-hydrogen) atoms. The molecule has 8 heteroatoms. The molecular formula is C29H29N3O5. The summed E-state index contributed by atoms with van der Waals surface area (Å²) in [5, 5.41) is 3.18. The molecule has 2 aromatic heterocycles. The Hall–Kier alpha value is -4.04. The van der Waals surface area contributed by atoms with Crippen LogP contribution in [-0.4, -0.2) is 41.8 Å². The fourth-order valence-corrected chi connectivity index (χ4v) is 5.11. The Labute approximate surface area is 215 Å². The number of hydrogen-bond donors (Lipinski definition) is 1. The number of fused-ring (bicyclic) bond motifs is 2. The van der Waals surface area contributed by atoms with E-state index < -0.39 is 0 Å². The van der Waals surface area contributed by atoms with Crippen LogP contribution in [0.15, 0.2) is 67.0 Å². The Bertz CT molecular complexity index is 1440. The van der Waals surface area contributed by atoms with Crippen LogP contribution in [-0.2, 0) is 16.8 Å². The number of nitrogens with zero attached hydrogens (tertiary/aromatic N) is 2. The number of aromatic nitrogens is 2. The van der Waals surface area contributed by atoms with Gasteiger partial charge in [0.1, 0.15) is 18.0 Å². The van der Waals surface area contributed by atoms with E-state index in [0.717, 1.165) is 46.8 Å². The Morgan fingerprint density at radius 1 is 1.08 bits per heavy atom. The number of imidazole rings is 1. The molecule has 0 bridgehead atoms. The third-order valence-electron chi connectivity index (χ3n) is 7.26. The van der Waals surface area contributed by atoms with E-state index in [0.29, 0.717) is 31.1 Å². The van der Waals surface area contributed by atoms with Crippen molar-refractivity contribution >= 4 is 11.6 Å². The maximum absolute atomic E-state index is 13.4. The van der Waals surface area contributed by atoms with Gasteiger partial charge in [0.15, 0.2) is 11.5 Å². The number of carbonyl (C=O) groups excluding carboxylic acids is 1. The minimum absolute atomic E-state index is 0.173. The number of benzene rings is 2. The van der Waals surface area contributed by atoms with Crippen LogP contribution < -0.4 is 19.5 Å². The van der Waals surface area contributed by atoms with Gasteiger partial charge in [-0.3, -0.25) is 4.79 Å². The second-order valence-electron chi connectivity index (χ2n) is 9.58. The van der Waals surface area contributed by atoms with Gasteiger partial charge in [0.2, 0.25) is 6.79 Å². The van der Waals surface area contributed by atoms with Crippen molar-refractivity contribution in [3.63, 3.8) is 0 Å². The molecule has 0 spiro atoms. The van der Waals surface area contributed by atoms with Gasteiger partial charge < -0.3 is 28.7 Å². The predicted molar refractivity (Wildman–Crippen MR) is 137 cm³/mol. The summed E-state index contributed by atoms with van der Waals surface area (Å²) in [7, 11) is 0. The van der Waals surface area contributed by atoms with Crippen LogP contribution in [0.3, 0.4) is 0 Å². The van der Waals surface area contributed by atoms with Crippen molar-refractivity contribution in [1.29, 1.82) is 0 Å². The number of nitrogens with one attached hydrogen (secondary N) is 1. The van der Waals surface area contributed by atoms with E-state index in [1.165, 1.54) is 0 Å². The van der Waals surface area contributed by atoms with Gasteiger partial charge in [-0.25, -0.2) is 4.98 Å². The number of carbonyl (C=O) groups is 1. The molecule has 2 aromatic carbocycles. The summed E-state index contributed by atoms with van der Waals surface area (Å²) in [6.07, 6.45) is 5.52. The maximum Gasteiger partial charge on any atom is 0.255 e. The zero-order valence-electron chi connectivity index (χ0n) is 20.7. The van der Waals surface area contributed by atoms with E-state index in [1.807, 2.05) is 66.2 Å². The SMILES string of the molecule is Cc1cccn2cc(COc3ccccc3C(=O)NCC3(c4ccc5c(c4)OCO5)CCOCC3)nc12. The van der Waals surface area contributed by atoms with Gasteiger partial charge in [-0.1, -0.05) is 24.3 Å². The topological polar surface area (TPSA) is 83.3 Å². The van der Waals surface area contributed by atoms with Crippen LogP contribution in [0.1, 0.15) is 40.0 Å². The van der Waals surface area contributed by atoms with Crippen molar-refractivity contribution in [2.24, 2.45) is 0 Å². The highest BCUT2D eigenvalue weighted by atomic mass is 16.7. The molecule has 1 fully saturated rings. The number of hydrogen-bond acceptors (Lipinski definition) is 6. The number of ether oxygens (including phenoxy) is 4. The summed E-state index contributed by atoms with van der Waals surface area (Å²) in [5.41, 5.74) is 4.16. The Kier molecular flexibility index (Phi) is 6.18. The zero-order valence-corrected chi connectivity index (χ0v) is 20.7. The van der Waals surface area contributed by atoms with E-state index in [1.54, 1.807) is 6.07 Å². The number of amides is 1. The highest BCUT2D eigenvalue weighted by molar-refractivity contribution is 5.97. The molecule has 4 heterocycles. The molecular weight excluding hydrogens is 470 g/mol. The van der Waals surface area contributed by atoms with Crippen molar-refractivity contribution in [2.75, 3.05) is 26.6 Å². The Morgan fingerprint density at radius 3 is 2.78 bits per heavy atom. The monoisotopic (exact) mass is 499 g/mol. The number of para-hydroxylation sites is 1. The predicted octanol–water partition coefficient (Wildman–Crippen LogP) is 4.43. The molecule has 0 aliphatic carbocycles. The average molecular weight is 500 g/mol. The standard InChI is InChI=1S/C29H29N3O5/c1-20-5-4-12-32-16-22(31-27(20)32)17-35-24-7-3-2-6-23(24)28(33)30-18-29(10-13-34-14-11-29)21-8-9-25-26(15-21)37-19-36-25/h2-9,12,15-16H,10-11,13-14,17-19H2,1H3,(H,30,33). The Balaban J connectivity index is 1.18. The smallest absolute Gasteiger partial charge is 0.255 e. The van der Waals surface area contributed by atoms with Crippen molar-refractivity contribution in [2.45, 2.75) is 31.8 Å². The lowest BCUT2D eigenvalue weighted by atomic mass is 9.74. The fraction of sp³-hybridized carbons (Fsp3) is 0.310. The van der Waals surface area contributed by atoms with Crippen LogP contribution >= 0.6 is 0 Å². The van der Waals surface area contributed by atoms with Crippen LogP contribution in [0, 0.1) is 6.92 Å². The maximum atomic E-state index is 13.4. The lowest BCUT2D eigenvalue weighted by Crippen LogP contribution is -2.44. The van der Waals surface area contributed by atoms with Gasteiger partial charge in [0, 0.05) is 37.6 Å². The molecule has 1 saturated heterocycles. The van der Waals surface area contributed by atoms with Crippen molar-refractivity contribution in [3.8, 4) is 17.2 Å². The third-order valence-corrected chi connectivity index (χ3v) is 7.26.